The van der Waals surface area contributed by atoms with Crippen molar-refractivity contribution < 1.29 is 18.3 Å². The molecule has 4 nitrogen and oxygen atoms in total. The lowest BCUT2D eigenvalue weighted by molar-refractivity contribution is 0.0524. The van der Waals surface area contributed by atoms with E-state index >= 15 is 0 Å². The van der Waals surface area contributed by atoms with Gasteiger partial charge in [-0.15, -0.1) is 0 Å². The first-order valence-electron chi connectivity index (χ1n) is 4.35. The predicted molar refractivity (Wildman–Crippen MR) is 55.7 cm³/mol. The van der Waals surface area contributed by atoms with Crippen molar-refractivity contribution in [3.63, 3.8) is 0 Å². The minimum atomic E-state index is -2.97. The zero-order valence-corrected chi connectivity index (χ0v) is 9.81. The lowest BCUT2D eigenvalue weighted by Gasteiger charge is -2.07. The smallest absolute Gasteiger partial charge is 0.340 e. The number of rotatable bonds is 3. The molecule has 7 heteroatoms. The van der Waals surface area contributed by atoms with Gasteiger partial charge in [-0.2, -0.15) is 0 Å². The standard InChI is InChI=1S/C9H8BrF2NO3/c1-2-16-9(15)4-3-13-8(14)5(6(4)10)7(11)12/h3,7H,2H2,1H3,(H,13,14). The third-order valence-electron chi connectivity index (χ3n) is 1.78. The Kier molecular flexibility index (Phi) is 4.17. The number of nitrogens with one attached hydrogen (secondary N) is 1. The van der Waals surface area contributed by atoms with Crippen LogP contribution in [0, 0.1) is 0 Å². The monoisotopic (exact) mass is 295 g/mol. The molecule has 0 bridgehead atoms. The summed E-state index contributed by atoms with van der Waals surface area (Å²) in [5.41, 5.74) is -1.84. The van der Waals surface area contributed by atoms with E-state index in [0.29, 0.717) is 0 Å². The van der Waals surface area contributed by atoms with Crippen LogP contribution in [0.15, 0.2) is 15.5 Å². The minimum absolute atomic E-state index is 0.119. The largest absolute Gasteiger partial charge is 0.462 e. The second-order valence-corrected chi connectivity index (χ2v) is 3.57. The maximum atomic E-state index is 12.5. The van der Waals surface area contributed by atoms with Gasteiger partial charge in [0.25, 0.3) is 12.0 Å². The average Bonchev–Trinajstić information content (AvgIpc) is 2.17. The van der Waals surface area contributed by atoms with Crippen LogP contribution in [0.1, 0.15) is 29.3 Å². The second kappa shape index (κ2) is 5.20. The van der Waals surface area contributed by atoms with Gasteiger partial charge in [-0.05, 0) is 22.9 Å². The Labute approximate surface area is 97.7 Å². The molecule has 1 rings (SSSR count). The number of halogens is 3. The molecule has 0 radical (unpaired) electrons. The van der Waals surface area contributed by atoms with Crippen molar-refractivity contribution in [1.82, 2.24) is 4.98 Å². The number of pyridine rings is 1. The number of aromatic nitrogens is 1. The van der Waals surface area contributed by atoms with E-state index in [4.69, 9.17) is 0 Å². The van der Waals surface area contributed by atoms with E-state index < -0.39 is 23.5 Å². The Balaban J connectivity index is 3.29. The molecule has 0 aliphatic rings. The maximum Gasteiger partial charge on any atom is 0.340 e. The molecule has 0 spiro atoms. The molecule has 16 heavy (non-hydrogen) atoms. The van der Waals surface area contributed by atoms with E-state index in [1.807, 2.05) is 0 Å². The number of H-pyrrole nitrogens is 1. The fourth-order valence-electron chi connectivity index (χ4n) is 1.08. The number of alkyl halides is 2. The summed E-state index contributed by atoms with van der Waals surface area (Å²) in [6.07, 6.45) is -1.93. The van der Waals surface area contributed by atoms with E-state index in [2.05, 4.69) is 25.7 Å². The van der Waals surface area contributed by atoms with Gasteiger partial charge in [-0.3, -0.25) is 4.79 Å². The molecule has 0 saturated carbocycles. The molecular formula is C9H8BrF2NO3. The summed E-state index contributed by atoms with van der Waals surface area (Å²) in [6, 6.07) is 0. The van der Waals surface area contributed by atoms with Crippen LogP contribution in [0.4, 0.5) is 8.78 Å². The SMILES string of the molecule is CCOC(=O)c1c[nH]c(=O)c(C(F)F)c1Br. The number of ether oxygens (including phenoxy) is 1. The Hall–Kier alpha value is -1.24. The first-order valence-corrected chi connectivity index (χ1v) is 5.14. The van der Waals surface area contributed by atoms with Crippen molar-refractivity contribution in [3.05, 3.63) is 32.2 Å². The molecule has 0 aliphatic carbocycles. The number of hydrogen-bond acceptors (Lipinski definition) is 3. The van der Waals surface area contributed by atoms with Crippen LogP contribution < -0.4 is 5.56 Å². The van der Waals surface area contributed by atoms with Crippen molar-refractivity contribution in [1.29, 1.82) is 0 Å². The molecule has 1 heterocycles. The van der Waals surface area contributed by atoms with Gasteiger partial charge in [-0.1, -0.05) is 0 Å². The molecule has 0 unspecified atom stereocenters. The topological polar surface area (TPSA) is 59.2 Å². The summed E-state index contributed by atoms with van der Waals surface area (Å²) < 4.78 is 29.4. The highest BCUT2D eigenvalue weighted by Crippen LogP contribution is 2.26. The highest BCUT2D eigenvalue weighted by atomic mass is 79.9. The molecule has 1 aromatic heterocycles. The lowest BCUT2D eigenvalue weighted by atomic mass is 10.2. The van der Waals surface area contributed by atoms with Gasteiger partial charge in [0.1, 0.15) is 0 Å². The summed E-state index contributed by atoms with van der Waals surface area (Å²) in [5, 5.41) is 0. The second-order valence-electron chi connectivity index (χ2n) is 2.78. The highest BCUT2D eigenvalue weighted by Gasteiger charge is 2.22. The minimum Gasteiger partial charge on any atom is -0.462 e. The van der Waals surface area contributed by atoms with Crippen molar-refractivity contribution in [2.24, 2.45) is 0 Å². The van der Waals surface area contributed by atoms with Gasteiger partial charge in [-0.25, -0.2) is 13.6 Å². The summed E-state index contributed by atoms with van der Waals surface area (Å²) >= 11 is 2.80. The van der Waals surface area contributed by atoms with Gasteiger partial charge >= 0.3 is 5.97 Å². The Morgan fingerprint density at radius 1 is 1.62 bits per heavy atom. The van der Waals surface area contributed by atoms with E-state index in [1.165, 1.54) is 0 Å². The van der Waals surface area contributed by atoms with E-state index in [9.17, 15) is 18.4 Å². The Morgan fingerprint density at radius 3 is 2.75 bits per heavy atom. The molecule has 0 atom stereocenters. The van der Waals surface area contributed by atoms with Gasteiger partial charge in [0.2, 0.25) is 0 Å². The van der Waals surface area contributed by atoms with Crippen molar-refractivity contribution in [3.8, 4) is 0 Å². The van der Waals surface area contributed by atoms with Crippen molar-refractivity contribution in [2.75, 3.05) is 6.61 Å². The van der Waals surface area contributed by atoms with Gasteiger partial charge in [0, 0.05) is 10.7 Å². The summed E-state index contributed by atoms with van der Waals surface area (Å²) in [6.45, 7) is 1.71. The number of carbonyl (C=O) groups is 1. The maximum absolute atomic E-state index is 12.5. The third-order valence-corrected chi connectivity index (χ3v) is 2.63. The molecule has 1 aromatic rings. The molecular weight excluding hydrogens is 288 g/mol. The fourth-order valence-corrected chi connectivity index (χ4v) is 1.71. The molecule has 88 valence electrons. The van der Waals surface area contributed by atoms with E-state index in [1.54, 1.807) is 6.92 Å². The Bertz CT molecular complexity index is 459. The zero-order valence-electron chi connectivity index (χ0n) is 8.22. The number of esters is 1. The third kappa shape index (κ3) is 2.46. The first kappa shape index (κ1) is 12.8. The molecule has 0 fully saturated rings. The molecule has 0 aliphatic heterocycles. The summed E-state index contributed by atoms with van der Waals surface area (Å²) in [5.74, 6) is -0.771. The summed E-state index contributed by atoms with van der Waals surface area (Å²) in [7, 11) is 0. The van der Waals surface area contributed by atoms with Crippen LogP contribution in [0.25, 0.3) is 0 Å². The van der Waals surface area contributed by atoms with Crippen LogP contribution in [-0.4, -0.2) is 17.6 Å². The molecule has 0 amide bonds. The van der Waals surface area contributed by atoms with Crippen LogP contribution in [0.5, 0.6) is 0 Å². The van der Waals surface area contributed by atoms with E-state index in [0.717, 1.165) is 6.20 Å². The lowest BCUT2D eigenvalue weighted by Crippen LogP contribution is -2.17. The number of hydrogen-bond donors (Lipinski definition) is 1. The number of aromatic amines is 1. The quantitative estimate of drug-likeness (QED) is 0.870. The van der Waals surface area contributed by atoms with Crippen LogP contribution in [0.3, 0.4) is 0 Å². The molecule has 0 aromatic carbocycles. The normalized spacial score (nSPS) is 10.6. The first-order chi connectivity index (χ1) is 7.49. The molecule has 0 saturated heterocycles. The van der Waals surface area contributed by atoms with Crippen molar-refractivity contribution in [2.45, 2.75) is 13.3 Å². The van der Waals surface area contributed by atoms with Crippen LogP contribution in [0.2, 0.25) is 0 Å². The van der Waals surface area contributed by atoms with Crippen LogP contribution in [-0.2, 0) is 4.74 Å². The van der Waals surface area contributed by atoms with Crippen molar-refractivity contribution >= 4 is 21.9 Å². The summed E-state index contributed by atoms with van der Waals surface area (Å²) in [4.78, 5) is 24.5. The number of carbonyl (C=O) groups excluding carboxylic acids is 1. The average molecular weight is 296 g/mol. The van der Waals surface area contributed by atoms with Gasteiger partial charge in [0.15, 0.2) is 0 Å². The fraction of sp³-hybridized carbons (Fsp3) is 0.333. The van der Waals surface area contributed by atoms with Crippen LogP contribution >= 0.6 is 15.9 Å². The Morgan fingerprint density at radius 2 is 2.25 bits per heavy atom. The zero-order chi connectivity index (χ0) is 12.3. The molecule has 1 N–H and O–H groups in total. The predicted octanol–water partition coefficient (Wildman–Crippen LogP) is 2.25. The van der Waals surface area contributed by atoms with Gasteiger partial charge < -0.3 is 9.72 Å². The van der Waals surface area contributed by atoms with Gasteiger partial charge in [0.05, 0.1) is 17.7 Å². The van der Waals surface area contributed by atoms with E-state index in [-0.39, 0.29) is 16.6 Å². The highest BCUT2D eigenvalue weighted by molar-refractivity contribution is 9.10.